The number of amides is 1. The zero-order valence-corrected chi connectivity index (χ0v) is 15.3. The summed E-state index contributed by atoms with van der Waals surface area (Å²) in [4.78, 5) is 26.1. The van der Waals surface area contributed by atoms with Gasteiger partial charge in [0.05, 0.1) is 6.21 Å². The number of rotatable bonds is 9. The number of hydrogen-bond donors (Lipinski definition) is 3. The number of unbranched alkanes of at least 4 members (excludes halogenated alkanes) is 3. The summed E-state index contributed by atoms with van der Waals surface area (Å²) in [6.07, 6.45) is 6.28. The Morgan fingerprint density at radius 3 is 2.75 bits per heavy atom. The van der Waals surface area contributed by atoms with E-state index in [0.717, 1.165) is 38.3 Å². The zero-order valence-electron chi connectivity index (χ0n) is 14.5. The SMILES string of the molecule is CCCCCCC(=O)N/N=C/c1c(O)n([C@@H](C)CC)c(=S)[nH]c1=O. The number of hydrogen-bond acceptors (Lipinski definition) is 5. The highest BCUT2D eigenvalue weighted by atomic mass is 32.1. The first-order chi connectivity index (χ1) is 11.4. The monoisotopic (exact) mass is 354 g/mol. The van der Waals surface area contributed by atoms with E-state index in [1.54, 1.807) is 0 Å². The average molecular weight is 354 g/mol. The molecule has 0 unspecified atom stereocenters. The molecule has 0 aromatic carbocycles. The zero-order chi connectivity index (χ0) is 18.1. The molecular weight excluding hydrogens is 328 g/mol. The number of nitrogens with zero attached hydrogens (tertiary/aromatic N) is 2. The van der Waals surface area contributed by atoms with Gasteiger partial charge in [-0.15, -0.1) is 0 Å². The normalized spacial score (nSPS) is 12.5. The van der Waals surface area contributed by atoms with Crippen molar-refractivity contribution in [3.8, 4) is 5.88 Å². The van der Waals surface area contributed by atoms with Crippen molar-refractivity contribution in [3.63, 3.8) is 0 Å². The first-order valence-electron chi connectivity index (χ1n) is 8.32. The number of H-pyrrole nitrogens is 1. The lowest BCUT2D eigenvalue weighted by atomic mass is 10.1. The number of nitrogens with one attached hydrogen (secondary N) is 2. The molecule has 1 amide bonds. The van der Waals surface area contributed by atoms with Gasteiger partial charge in [-0.25, -0.2) is 5.43 Å². The lowest BCUT2D eigenvalue weighted by molar-refractivity contribution is -0.121. The Bertz CT molecular complexity index is 694. The van der Waals surface area contributed by atoms with Gasteiger partial charge in [0.1, 0.15) is 5.56 Å². The van der Waals surface area contributed by atoms with Gasteiger partial charge in [0.25, 0.3) is 5.56 Å². The number of hydrazone groups is 1. The van der Waals surface area contributed by atoms with Crippen LogP contribution in [0.15, 0.2) is 9.90 Å². The first kappa shape index (κ1) is 20.1. The van der Waals surface area contributed by atoms with Crippen LogP contribution in [0.4, 0.5) is 0 Å². The molecule has 0 aliphatic rings. The van der Waals surface area contributed by atoms with Crippen LogP contribution in [-0.4, -0.2) is 26.8 Å². The van der Waals surface area contributed by atoms with Gasteiger partial charge in [-0.1, -0.05) is 33.1 Å². The third-order valence-corrected chi connectivity index (χ3v) is 4.12. The van der Waals surface area contributed by atoms with Crippen molar-refractivity contribution in [1.82, 2.24) is 15.0 Å². The van der Waals surface area contributed by atoms with Crippen molar-refractivity contribution in [1.29, 1.82) is 0 Å². The number of aromatic nitrogens is 2. The van der Waals surface area contributed by atoms with Gasteiger partial charge in [-0.05, 0) is 32.0 Å². The van der Waals surface area contributed by atoms with Crippen molar-refractivity contribution in [2.75, 3.05) is 0 Å². The van der Waals surface area contributed by atoms with Crippen LogP contribution in [0.3, 0.4) is 0 Å². The lowest BCUT2D eigenvalue weighted by Crippen LogP contribution is -2.22. The molecule has 1 atom stereocenters. The van der Waals surface area contributed by atoms with E-state index in [1.165, 1.54) is 4.57 Å². The minimum absolute atomic E-state index is 0.0322. The van der Waals surface area contributed by atoms with Crippen molar-refractivity contribution in [2.45, 2.75) is 65.3 Å². The van der Waals surface area contributed by atoms with E-state index in [0.29, 0.717) is 6.42 Å². The number of aromatic amines is 1. The molecule has 0 spiro atoms. The molecule has 0 aliphatic heterocycles. The molecule has 1 rings (SSSR count). The van der Waals surface area contributed by atoms with Crippen molar-refractivity contribution < 1.29 is 9.90 Å². The van der Waals surface area contributed by atoms with Crippen LogP contribution in [0, 0.1) is 4.77 Å². The van der Waals surface area contributed by atoms with Gasteiger partial charge in [0.2, 0.25) is 11.8 Å². The predicted molar refractivity (Wildman–Crippen MR) is 97.0 cm³/mol. The summed E-state index contributed by atoms with van der Waals surface area (Å²) in [5.41, 5.74) is 1.80. The summed E-state index contributed by atoms with van der Waals surface area (Å²) >= 11 is 5.09. The average Bonchev–Trinajstić information content (AvgIpc) is 2.54. The van der Waals surface area contributed by atoms with Crippen LogP contribution >= 0.6 is 12.2 Å². The highest BCUT2D eigenvalue weighted by Crippen LogP contribution is 2.19. The van der Waals surface area contributed by atoms with Crippen molar-refractivity contribution >= 4 is 24.3 Å². The van der Waals surface area contributed by atoms with Gasteiger partial charge in [-0.3, -0.25) is 19.1 Å². The van der Waals surface area contributed by atoms with E-state index in [-0.39, 0.29) is 28.2 Å². The van der Waals surface area contributed by atoms with Gasteiger partial charge < -0.3 is 5.11 Å². The molecule has 7 nitrogen and oxygen atoms in total. The second-order valence-electron chi connectivity index (χ2n) is 5.73. The van der Waals surface area contributed by atoms with E-state index < -0.39 is 5.56 Å². The smallest absolute Gasteiger partial charge is 0.264 e. The molecule has 0 radical (unpaired) electrons. The quantitative estimate of drug-likeness (QED) is 0.275. The van der Waals surface area contributed by atoms with Gasteiger partial charge in [-0.2, -0.15) is 5.10 Å². The highest BCUT2D eigenvalue weighted by Gasteiger charge is 2.14. The molecule has 8 heteroatoms. The third kappa shape index (κ3) is 5.59. The maximum atomic E-state index is 11.9. The van der Waals surface area contributed by atoms with E-state index in [1.807, 2.05) is 13.8 Å². The Labute approximate surface area is 146 Å². The summed E-state index contributed by atoms with van der Waals surface area (Å²) in [5, 5.41) is 14.1. The molecule has 1 aromatic rings. The molecule has 1 aromatic heterocycles. The Kier molecular flexibility index (Phi) is 8.39. The van der Waals surface area contributed by atoms with Crippen molar-refractivity contribution in [2.24, 2.45) is 5.10 Å². The van der Waals surface area contributed by atoms with Crippen LogP contribution in [0.1, 0.15) is 70.9 Å². The van der Waals surface area contributed by atoms with Crippen molar-refractivity contribution in [3.05, 3.63) is 20.7 Å². The molecule has 1 heterocycles. The van der Waals surface area contributed by atoms with Gasteiger partial charge >= 0.3 is 0 Å². The molecular formula is C16H26N4O3S. The lowest BCUT2D eigenvalue weighted by Gasteiger charge is -2.16. The number of aromatic hydroxyl groups is 1. The standard InChI is InChI=1S/C16H26N4O3S/c1-4-6-7-8-9-13(21)19-17-10-12-14(22)18-16(24)20(15(12)23)11(3)5-2/h10-11,23H,4-9H2,1-3H3,(H,19,21)(H,18,22,24)/b17-10+/t11-/m0/s1. The molecule has 0 bridgehead atoms. The fourth-order valence-corrected chi connectivity index (χ4v) is 2.56. The molecule has 24 heavy (non-hydrogen) atoms. The molecule has 134 valence electrons. The highest BCUT2D eigenvalue weighted by molar-refractivity contribution is 7.71. The summed E-state index contributed by atoms with van der Waals surface area (Å²) in [7, 11) is 0. The number of carbonyl (C=O) groups excluding carboxylic acids is 1. The Morgan fingerprint density at radius 2 is 2.12 bits per heavy atom. The maximum Gasteiger partial charge on any atom is 0.264 e. The molecule has 3 N–H and O–H groups in total. The molecule has 0 saturated carbocycles. The summed E-state index contributed by atoms with van der Waals surface area (Å²) in [6.45, 7) is 5.94. The van der Waals surface area contributed by atoms with Gasteiger partial charge in [0, 0.05) is 12.5 Å². The Balaban J connectivity index is 2.82. The first-order valence-corrected chi connectivity index (χ1v) is 8.72. The largest absolute Gasteiger partial charge is 0.494 e. The fourth-order valence-electron chi connectivity index (χ4n) is 2.20. The van der Waals surface area contributed by atoms with E-state index in [2.05, 4.69) is 22.4 Å². The maximum absolute atomic E-state index is 11.9. The van der Waals surface area contributed by atoms with E-state index >= 15 is 0 Å². The van der Waals surface area contributed by atoms with Crippen LogP contribution < -0.4 is 11.0 Å². The third-order valence-electron chi connectivity index (χ3n) is 3.82. The second kappa shape index (κ2) is 10.0. The minimum Gasteiger partial charge on any atom is -0.494 e. The minimum atomic E-state index is -0.544. The summed E-state index contributed by atoms with van der Waals surface area (Å²) in [5.74, 6) is -0.466. The topological polar surface area (TPSA) is 99.5 Å². The van der Waals surface area contributed by atoms with Crippen LogP contribution in [0.25, 0.3) is 0 Å². The Morgan fingerprint density at radius 1 is 1.42 bits per heavy atom. The molecule has 0 fully saturated rings. The molecule has 0 saturated heterocycles. The predicted octanol–water partition coefficient (Wildman–Crippen LogP) is 3.00. The number of carbonyl (C=O) groups is 1. The van der Waals surface area contributed by atoms with E-state index in [9.17, 15) is 14.7 Å². The molecule has 0 aliphatic carbocycles. The van der Waals surface area contributed by atoms with Crippen LogP contribution in [0.2, 0.25) is 0 Å². The van der Waals surface area contributed by atoms with Crippen LogP contribution in [-0.2, 0) is 4.79 Å². The fraction of sp³-hybridized carbons (Fsp3) is 0.625. The van der Waals surface area contributed by atoms with E-state index in [4.69, 9.17) is 12.2 Å². The summed E-state index contributed by atoms with van der Waals surface area (Å²) in [6, 6.07) is -0.0744. The van der Waals surface area contributed by atoms with Crippen LogP contribution in [0.5, 0.6) is 5.88 Å². The van der Waals surface area contributed by atoms with Gasteiger partial charge in [0.15, 0.2) is 4.77 Å². The summed E-state index contributed by atoms with van der Waals surface area (Å²) < 4.78 is 1.62. The Hall–Kier alpha value is -1.96. The second-order valence-corrected chi connectivity index (χ2v) is 6.11.